The maximum atomic E-state index is 13.1. The van der Waals surface area contributed by atoms with E-state index in [4.69, 9.17) is 5.73 Å². The topological polar surface area (TPSA) is 84.2 Å². The second-order valence-corrected chi connectivity index (χ2v) is 6.99. The van der Waals surface area contributed by atoms with Crippen LogP contribution in [0.25, 0.3) is 5.57 Å². The molecule has 0 bridgehead atoms. The number of ketones is 1. The smallest absolute Gasteiger partial charge is 0.255 e. The van der Waals surface area contributed by atoms with E-state index in [1.54, 1.807) is 48.5 Å². The molecule has 1 atom stereocenters. The first-order valence-corrected chi connectivity index (χ1v) is 9.35. The lowest BCUT2D eigenvalue weighted by Crippen LogP contribution is -2.34. The molecule has 1 aliphatic rings. The van der Waals surface area contributed by atoms with Crippen molar-refractivity contribution >= 4 is 28.6 Å². The van der Waals surface area contributed by atoms with Crippen LogP contribution in [0.15, 0.2) is 79.4 Å². The highest BCUT2D eigenvalue weighted by Crippen LogP contribution is 2.30. The number of benzene rings is 3. The Hall–Kier alpha value is -3.70. The molecular weight excluding hydrogens is 362 g/mol. The van der Waals surface area contributed by atoms with Crippen molar-refractivity contribution in [1.29, 1.82) is 0 Å². The molecule has 4 N–H and O–H groups in total. The summed E-state index contributed by atoms with van der Waals surface area (Å²) >= 11 is 0. The first-order valence-electron chi connectivity index (χ1n) is 9.35. The van der Waals surface area contributed by atoms with Crippen LogP contribution in [0.2, 0.25) is 0 Å². The van der Waals surface area contributed by atoms with Crippen molar-refractivity contribution < 1.29 is 9.59 Å². The number of nitrogens with one attached hydrogen (secondary N) is 2. The van der Waals surface area contributed by atoms with E-state index >= 15 is 0 Å². The molecule has 0 spiro atoms. The van der Waals surface area contributed by atoms with Gasteiger partial charge in [0.1, 0.15) is 0 Å². The van der Waals surface area contributed by atoms with Crippen LogP contribution in [-0.4, -0.2) is 18.2 Å². The van der Waals surface area contributed by atoms with Crippen molar-refractivity contribution in [2.45, 2.75) is 6.04 Å². The monoisotopic (exact) mass is 383 g/mol. The van der Waals surface area contributed by atoms with Gasteiger partial charge in [0.05, 0.1) is 17.4 Å². The van der Waals surface area contributed by atoms with Gasteiger partial charge in [-0.3, -0.25) is 14.9 Å². The van der Waals surface area contributed by atoms with Gasteiger partial charge in [0.2, 0.25) is 0 Å². The Morgan fingerprint density at radius 2 is 1.59 bits per heavy atom. The van der Waals surface area contributed by atoms with E-state index in [2.05, 4.69) is 17.2 Å². The fourth-order valence-corrected chi connectivity index (χ4v) is 3.49. The molecule has 1 unspecified atom stereocenters. The third-order valence-corrected chi connectivity index (χ3v) is 5.08. The summed E-state index contributed by atoms with van der Waals surface area (Å²) in [5.74, 6) is -0.316. The summed E-state index contributed by atoms with van der Waals surface area (Å²) in [5, 5.41) is 6.04. The summed E-state index contributed by atoms with van der Waals surface area (Å²) in [6.07, 6.45) is 0. The number of para-hydroxylation sites is 2. The second kappa shape index (κ2) is 7.73. The molecule has 0 saturated heterocycles. The summed E-state index contributed by atoms with van der Waals surface area (Å²) < 4.78 is 0. The van der Waals surface area contributed by atoms with Crippen LogP contribution < -0.4 is 16.4 Å². The van der Waals surface area contributed by atoms with E-state index in [1.165, 1.54) is 0 Å². The van der Waals surface area contributed by atoms with Crippen molar-refractivity contribution in [2.24, 2.45) is 0 Å². The van der Waals surface area contributed by atoms with Gasteiger partial charge < -0.3 is 11.1 Å². The molecule has 3 aromatic carbocycles. The Balaban J connectivity index is 1.53. The zero-order chi connectivity index (χ0) is 20.4. The summed E-state index contributed by atoms with van der Waals surface area (Å²) in [7, 11) is 0. The van der Waals surface area contributed by atoms with Crippen LogP contribution in [0, 0.1) is 0 Å². The summed E-state index contributed by atoms with van der Waals surface area (Å²) in [4.78, 5) is 25.6. The zero-order valence-corrected chi connectivity index (χ0v) is 15.8. The number of amides is 1. The van der Waals surface area contributed by atoms with Crippen LogP contribution >= 0.6 is 0 Å². The minimum absolute atomic E-state index is 0.0378. The number of nitrogens with two attached hydrogens (primary N) is 1. The van der Waals surface area contributed by atoms with Crippen LogP contribution in [0.1, 0.15) is 37.9 Å². The van der Waals surface area contributed by atoms with Crippen LogP contribution in [0.4, 0.5) is 11.4 Å². The van der Waals surface area contributed by atoms with Gasteiger partial charge in [-0.15, -0.1) is 0 Å². The second-order valence-electron chi connectivity index (χ2n) is 6.99. The summed E-state index contributed by atoms with van der Waals surface area (Å²) in [5.41, 5.74) is 10.8. The summed E-state index contributed by atoms with van der Waals surface area (Å²) in [6.45, 7) is 4.63. The Labute approximate surface area is 169 Å². The first kappa shape index (κ1) is 18.7. The standard InChI is InChI=1S/C24H21N3O2/c1-15-14-26-22(19-7-3-2-6-18(15)19)23(28)16-10-12-17(13-11-16)24(29)27-21-9-5-4-8-20(21)25/h2-13,22,26H,1,14,25H2,(H,27,29). The van der Waals surface area contributed by atoms with Gasteiger partial charge in [-0.2, -0.15) is 0 Å². The van der Waals surface area contributed by atoms with Gasteiger partial charge >= 0.3 is 0 Å². The predicted molar refractivity (Wildman–Crippen MR) is 116 cm³/mol. The Bertz CT molecular complexity index is 1100. The molecule has 3 aromatic rings. The minimum Gasteiger partial charge on any atom is -0.397 e. The number of anilines is 2. The fourth-order valence-electron chi connectivity index (χ4n) is 3.49. The van der Waals surface area contributed by atoms with Crippen LogP contribution in [0.5, 0.6) is 0 Å². The Morgan fingerprint density at radius 1 is 0.931 bits per heavy atom. The third-order valence-electron chi connectivity index (χ3n) is 5.08. The number of carbonyl (C=O) groups is 2. The number of Topliss-reactive ketones (excluding diaryl/α,β-unsaturated/α-hetero) is 1. The fraction of sp³-hybridized carbons (Fsp3) is 0.0833. The molecule has 1 aliphatic heterocycles. The molecule has 0 aliphatic carbocycles. The van der Waals surface area contributed by atoms with E-state index in [1.807, 2.05) is 24.3 Å². The number of hydrogen-bond donors (Lipinski definition) is 3. The number of nitrogen functional groups attached to an aromatic ring is 1. The van der Waals surface area contributed by atoms with Crippen molar-refractivity contribution in [3.05, 3.63) is 102 Å². The molecule has 0 saturated carbocycles. The van der Waals surface area contributed by atoms with E-state index in [-0.39, 0.29) is 11.7 Å². The van der Waals surface area contributed by atoms with Gasteiger partial charge in [-0.1, -0.05) is 55.1 Å². The maximum absolute atomic E-state index is 13.1. The largest absolute Gasteiger partial charge is 0.397 e. The van der Waals surface area contributed by atoms with Crippen molar-refractivity contribution in [3.8, 4) is 0 Å². The lowest BCUT2D eigenvalue weighted by Gasteiger charge is -2.27. The molecule has 29 heavy (non-hydrogen) atoms. The van der Waals surface area contributed by atoms with Gasteiger partial charge in [0.15, 0.2) is 5.78 Å². The molecule has 144 valence electrons. The number of hydrogen-bond acceptors (Lipinski definition) is 4. The van der Waals surface area contributed by atoms with Gasteiger partial charge in [-0.25, -0.2) is 0 Å². The molecular formula is C24H21N3O2. The predicted octanol–water partition coefficient (Wildman–Crippen LogP) is 4.06. The highest BCUT2D eigenvalue weighted by molar-refractivity contribution is 6.07. The van der Waals surface area contributed by atoms with E-state index < -0.39 is 6.04 Å². The van der Waals surface area contributed by atoms with Crippen molar-refractivity contribution in [2.75, 3.05) is 17.6 Å². The number of carbonyl (C=O) groups excluding carboxylic acids is 2. The van der Waals surface area contributed by atoms with Crippen molar-refractivity contribution in [3.63, 3.8) is 0 Å². The van der Waals surface area contributed by atoms with Gasteiger partial charge in [0, 0.05) is 17.7 Å². The summed E-state index contributed by atoms with van der Waals surface area (Å²) in [6, 6.07) is 21.1. The van der Waals surface area contributed by atoms with Crippen LogP contribution in [-0.2, 0) is 0 Å². The molecule has 4 rings (SSSR count). The first-order chi connectivity index (χ1) is 14.0. The van der Waals surface area contributed by atoms with E-state index in [9.17, 15) is 9.59 Å². The van der Waals surface area contributed by atoms with E-state index in [0.29, 0.717) is 29.0 Å². The van der Waals surface area contributed by atoms with Crippen LogP contribution in [0.3, 0.4) is 0 Å². The highest BCUT2D eigenvalue weighted by atomic mass is 16.1. The lowest BCUT2D eigenvalue weighted by atomic mass is 9.87. The highest BCUT2D eigenvalue weighted by Gasteiger charge is 2.28. The van der Waals surface area contributed by atoms with Gasteiger partial charge in [0.25, 0.3) is 5.91 Å². The molecule has 5 heteroatoms. The average Bonchev–Trinajstić information content (AvgIpc) is 2.75. The molecule has 1 heterocycles. The quantitative estimate of drug-likeness (QED) is 0.469. The maximum Gasteiger partial charge on any atom is 0.255 e. The average molecular weight is 383 g/mol. The lowest BCUT2D eigenvalue weighted by molar-refractivity contribution is 0.0942. The third kappa shape index (κ3) is 3.68. The van der Waals surface area contributed by atoms with Gasteiger partial charge in [-0.05, 0) is 41.0 Å². The number of rotatable bonds is 4. The molecule has 0 radical (unpaired) electrons. The molecule has 0 fully saturated rings. The minimum atomic E-state index is -0.430. The Morgan fingerprint density at radius 3 is 2.34 bits per heavy atom. The number of fused-ring (bicyclic) bond motifs is 1. The Kier molecular flexibility index (Phi) is 4.97. The molecule has 1 amide bonds. The zero-order valence-electron chi connectivity index (χ0n) is 15.8. The van der Waals surface area contributed by atoms with E-state index in [0.717, 1.165) is 16.7 Å². The SMILES string of the molecule is C=C1CNC(C(=O)c2ccc(C(=O)Nc3ccccc3N)cc2)c2ccccc21. The normalized spacial score (nSPS) is 15.4. The molecule has 0 aromatic heterocycles. The molecule has 5 nitrogen and oxygen atoms in total. The van der Waals surface area contributed by atoms with Crippen molar-refractivity contribution in [1.82, 2.24) is 5.32 Å².